The molecule has 14 heavy (non-hydrogen) atoms. The summed E-state index contributed by atoms with van der Waals surface area (Å²) >= 11 is 0. The van der Waals surface area contributed by atoms with Crippen LogP contribution in [0.2, 0.25) is 0 Å². The summed E-state index contributed by atoms with van der Waals surface area (Å²) in [4.78, 5) is 11.7. The highest BCUT2D eigenvalue weighted by Gasteiger charge is 2.21. The smallest absolute Gasteiger partial charge is 0.182 e. The van der Waals surface area contributed by atoms with Gasteiger partial charge in [-0.1, -0.05) is 30.3 Å². The zero-order valence-electron chi connectivity index (χ0n) is 8.44. The fourth-order valence-electron chi connectivity index (χ4n) is 1.15. The molecule has 0 radical (unpaired) electrons. The molecule has 0 spiro atoms. The van der Waals surface area contributed by atoms with E-state index >= 15 is 0 Å². The molecule has 1 aromatic rings. The molecule has 3 nitrogen and oxygen atoms in total. The summed E-state index contributed by atoms with van der Waals surface area (Å²) in [5.41, 5.74) is 6.36. The van der Waals surface area contributed by atoms with E-state index in [1.54, 1.807) is 26.2 Å². The van der Waals surface area contributed by atoms with Crippen LogP contribution < -0.4 is 5.73 Å². The van der Waals surface area contributed by atoms with Gasteiger partial charge in [-0.2, -0.15) is 0 Å². The van der Waals surface area contributed by atoms with Crippen molar-refractivity contribution < 1.29 is 9.53 Å². The van der Waals surface area contributed by atoms with Crippen molar-refractivity contribution in [2.24, 2.45) is 5.73 Å². The third kappa shape index (κ3) is 2.40. The van der Waals surface area contributed by atoms with Crippen LogP contribution in [0.4, 0.5) is 0 Å². The molecular weight excluding hydrogens is 178 g/mol. The van der Waals surface area contributed by atoms with Gasteiger partial charge in [-0.25, -0.2) is 0 Å². The highest BCUT2D eigenvalue weighted by Crippen LogP contribution is 2.06. The number of hydrogen-bond donors (Lipinski definition) is 1. The van der Waals surface area contributed by atoms with Crippen molar-refractivity contribution in [1.29, 1.82) is 0 Å². The van der Waals surface area contributed by atoms with Gasteiger partial charge in [0.2, 0.25) is 0 Å². The molecule has 0 bridgehead atoms. The molecule has 0 unspecified atom stereocenters. The van der Waals surface area contributed by atoms with Crippen molar-refractivity contribution in [3.63, 3.8) is 0 Å². The fraction of sp³-hybridized carbons (Fsp3) is 0.364. The van der Waals surface area contributed by atoms with E-state index in [9.17, 15) is 4.79 Å². The Morgan fingerprint density at radius 3 is 2.43 bits per heavy atom. The number of hydrogen-bond acceptors (Lipinski definition) is 3. The van der Waals surface area contributed by atoms with Crippen LogP contribution in [0.15, 0.2) is 30.3 Å². The molecule has 1 aromatic carbocycles. The third-order valence-corrected chi connectivity index (χ3v) is 2.24. The van der Waals surface area contributed by atoms with Crippen LogP contribution in [0, 0.1) is 0 Å². The van der Waals surface area contributed by atoms with Crippen LogP contribution in [-0.2, 0) is 4.74 Å². The van der Waals surface area contributed by atoms with Gasteiger partial charge in [0, 0.05) is 12.7 Å². The van der Waals surface area contributed by atoms with Gasteiger partial charge in [0.25, 0.3) is 0 Å². The average molecular weight is 193 g/mol. The Bertz CT molecular complexity index is 297. The van der Waals surface area contributed by atoms with Gasteiger partial charge in [-0.05, 0) is 6.92 Å². The van der Waals surface area contributed by atoms with E-state index in [0.717, 1.165) is 0 Å². The first kappa shape index (κ1) is 10.9. The normalized spacial score (nSPS) is 14.8. The SMILES string of the molecule is CO[C@@H](C)[C@H](N)C(=O)c1ccccc1. The maximum absolute atomic E-state index is 11.7. The lowest BCUT2D eigenvalue weighted by atomic mass is 10.0. The number of ether oxygens (including phenoxy) is 1. The van der Waals surface area contributed by atoms with Crippen molar-refractivity contribution in [2.75, 3.05) is 7.11 Å². The van der Waals surface area contributed by atoms with E-state index < -0.39 is 6.04 Å². The second kappa shape index (κ2) is 4.88. The number of rotatable bonds is 4. The molecule has 0 aliphatic heterocycles. The van der Waals surface area contributed by atoms with Crippen molar-refractivity contribution in [3.8, 4) is 0 Å². The van der Waals surface area contributed by atoms with Crippen molar-refractivity contribution in [2.45, 2.75) is 19.1 Å². The Hall–Kier alpha value is -1.19. The number of carbonyl (C=O) groups is 1. The number of carbonyl (C=O) groups excluding carboxylic acids is 1. The first-order chi connectivity index (χ1) is 6.66. The van der Waals surface area contributed by atoms with Gasteiger partial charge >= 0.3 is 0 Å². The maximum atomic E-state index is 11.7. The Morgan fingerprint density at radius 2 is 1.93 bits per heavy atom. The summed E-state index contributed by atoms with van der Waals surface area (Å²) < 4.78 is 5.01. The van der Waals surface area contributed by atoms with E-state index in [4.69, 9.17) is 10.5 Å². The first-order valence-corrected chi connectivity index (χ1v) is 4.54. The minimum Gasteiger partial charge on any atom is -0.380 e. The molecule has 0 heterocycles. The topological polar surface area (TPSA) is 52.3 Å². The van der Waals surface area contributed by atoms with E-state index in [2.05, 4.69) is 0 Å². The monoisotopic (exact) mass is 193 g/mol. The second-order valence-electron chi connectivity index (χ2n) is 3.20. The Labute approximate surface area is 83.9 Å². The van der Waals surface area contributed by atoms with Crippen LogP contribution in [0.5, 0.6) is 0 Å². The van der Waals surface area contributed by atoms with Gasteiger partial charge in [-0.15, -0.1) is 0 Å². The van der Waals surface area contributed by atoms with E-state index in [1.807, 2.05) is 18.2 Å². The minimum atomic E-state index is -0.595. The molecule has 0 saturated heterocycles. The molecule has 1 rings (SSSR count). The lowest BCUT2D eigenvalue weighted by Gasteiger charge is -2.16. The predicted molar refractivity (Wildman–Crippen MR) is 55.2 cm³/mol. The molecule has 0 fully saturated rings. The van der Waals surface area contributed by atoms with Crippen LogP contribution >= 0.6 is 0 Å². The Balaban J connectivity index is 2.76. The number of ketones is 1. The Kier molecular flexibility index (Phi) is 3.80. The number of methoxy groups -OCH3 is 1. The molecule has 2 N–H and O–H groups in total. The highest BCUT2D eigenvalue weighted by molar-refractivity contribution is 6.00. The van der Waals surface area contributed by atoms with E-state index in [1.165, 1.54) is 0 Å². The van der Waals surface area contributed by atoms with Gasteiger partial charge in [0.05, 0.1) is 12.1 Å². The molecule has 3 heteroatoms. The lowest BCUT2D eigenvalue weighted by molar-refractivity contribution is 0.0705. The fourth-order valence-corrected chi connectivity index (χ4v) is 1.15. The van der Waals surface area contributed by atoms with E-state index in [-0.39, 0.29) is 11.9 Å². The predicted octanol–water partition coefficient (Wildman–Crippen LogP) is 1.23. The standard InChI is InChI=1S/C11H15NO2/c1-8(14-2)10(12)11(13)9-6-4-3-5-7-9/h3-8,10H,12H2,1-2H3/t8-,10-/m0/s1. The number of benzene rings is 1. The van der Waals surface area contributed by atoms with E-state index in [0.29, 0.717) is 5.56 Å². The summed E-state index contributed by atoms with van der Waals surface area (Å²) in [6, 6.07) is 8.41. The molecule has 0 amide bonds. The first-order valence-electron chi connectivity index (χ1n) is 4.54. The summed E-state index contributed by atoms with van der Waals surface area (Å²) in [6.07, 6.45) is -0.261. The quantitative estimate of drug-likeness (QED) is 0.732. The zero-order valence-corrected chi connectivity index (χ0v) is 8.44. The molecule has 0 aromatic heterocycles. The summed E-state index contributed by atoms with van der Waals surface area (Å²) in [5.74, 6) is -0.0834. The minimum absolute atomic E-state index is 0.0834. The molecular formula is C11H15NO2. The number of Topliss-reactive ketones (excluding diaryl/α,β-unsaturated/α-hetero) is 1. The zero-order chi connectivity index (χ0) is 10.6. The van der Waals surface area contributed by atoms with Gasteiger partial charge in [0.15, 0.2) is 5.78 Å². The second-order valence-corrected chi connectivity index (χ2v) is 3.20. The average Bonchev–Trinajstić information content (AvgIpc) is 2.27. The maximum Gasteiger partial charge on any atom is 0.182 e. The van der Waals surface area contributed by atoms with Crippen molar-refractivity contribution in [3.05, 3.63) is 35.9 Å². The van der Waals surface area contributed by atoms with Crippen molar-refractivity contribution >= 4 is 5.78 Å². The highest BCUT2D eigenvalue weighted by atomic mass is 16.5. The lowest BCUT2D eigenvalue weighted by Crippen LogP contribution is -2.41. The molecule has 2 atom stereocenters. The molecule has 0 aliphatic rings. The van der Waals surface area contributed by atoms with Crippen LogP contribution in [0.3, 0.4) is 0 Å². The van der Waals surface area contributed by atoms with Crippen molar-refractivity contribution in [1.82, 2.24) is 0 Å². The largest absolute Gasteiger partial charge is 0.380 e. The number of nitrogens with two attached hydrogens (primary N) is 1. The van der Waals surface area contributed by atoms with Crippen LogP contribution in [0.25, 0.3) is 0 Å². The summed E-state index contributed by atoms with van der Waals surface area (Å²) in [5, 5.41) is 0. The van der Waals surface area contributed by atoms with Gasteiger partial charge < -0.3 is 10.5 Å². The summed E-state index contributed by atoms with van der Waals surface area (Å²) in [7, 11) is 1.54. The third-order valence-electron chi connectivity index (χ3n) is 2.24. The molecule has 0 saturated carbocycles. The molecule has 0 aliphatic carbocycles. The van der Waals surface area contributed by atoms with Gasteiger partial charge in [-0.3, -0.25) is 4.79 Å². The van der Waals surface area contributed by atoms with Crippen LogP contribution in [0.1, 0.15) is 17.3 Å². The molecule has 76 valence electrons. The Morgan fingerprint density at radius 1 is 1.36 bits per heavy atom. The van der Waals surface area contributed by atoms with Crippen LogP contribution in [-0.4, -0.2) is 25.0 Å². The van der Waals surface area contributed by atoms with Gasteiger partial charge in [0.1, 0.15) is 0 Å². The summed E-state index contributed by atoms with van der Waals surface area (Å²) in [6.45, 7) is 1.78.